The van der Waals surface area contributed by atoms with E-state index in [1.165, 1.54) is 7.11 Å². The fourth-order valence-corrected chi connectivity index (χ4v) is 0.887. The molecule has 0 aromatic carbocycles. The zero-order valence-corrected chi connectivity index (χ0v) is 9.60. The topological polar surface area (TPSA) is 59.6 Å². The van der Waals surface area contributed by atoms with Crippen LogP contribution in [0.4, 0.5) is 13.2 Å². The number of ether oxygens (including phenoxy) is 2. The van der Waals surface area contributed by atoms with Gasteiger partial charge in [-0.2, -0.15) is 13.2 Å². The van der Waals surface area contributed by atoms with Crippen molar-refractivity contribution < 1.29 is 27.4 Å². The van der Waals surface area contributed by atoms with Crippen molar-refractivity contribution in [3.8, 4) is 0 Å². The van der Waals surface area contributed by atoms with E-state index in [0.717, 1.165) is 0 Å². The number of methoxy groups -OCH3 is 1. The maximum atomic E-state index is 11.7. The molecule has 5 nitrogen and oxygen atoms in total. The first kappa shape index (κ1) is 16.1. The van der Waals surface area contributed by atoms with E-state index in [2.05, 4.69) is 5.32 Å². The Morgan fingerprint density at radius 1 is 1.24 bits per heavy atom. The molecule has 102 valence electrons. The monoisotopic (exact) mass is 258 g/mol. The highest BCUT2D eigenvalue weighted by molar-refractivity contribution is 5.77. The van der Waals surface area contributed by atoms with Gasteiger partial charge in [0, 0.05) is 13.7 Å². The molecular formula is C9H17F3N2O3. The highest BCUT2D eigenvalue weighted by atomic mass is 19.4. The van der Waals surface area contributed by atoms with Gasteiger partial charge >= 0.3 is 6.18 Å². The van der Waals surface area contributed by atoms with Crippen molar-refractivity contribution in [1.82, 2.24) is 10.6 Å². The number of amides is 1. The molecule has 0 heterocycles. The molecule has 0 bridgehead atoms. The largest absolute Gasteiger partial charge is 0.401 e. The molecule has 0 aliphatic heterocycles. The normalized spacial score (nSPS) is 11.5. The highest BCUT2D eigenvalue weighted by Crippen LogP contribution is 2.11. The molecule has 0 radical (unpaired) electrons. The van der Waals surface area contributed by atoms with Gasteiger partial charge < -0.3 is 20.1 Å². The van der Waals surface area contributed by atoms with Crippen LogP contribution in [0.5, 0.6) is 0 Å². The fraction of sp³-hybridized carbons (Fsp3) is 0.889. The first-order valence-corrected chi connectivity index (χ1v) is 5.06. The lowest BCUT2D eigenvalue weighted by Crippen LogP contribution is -2.39. The summed E-state index contributed by atoms with van der Waals surface area (Å²) < 4.78 is 44.9. The third-order valence-electron chi connectivity index (χ3n) is 1.61. The second-order valence-corrected chi connectivity index (χ2v) is 3.17. The maximum Gasteiger partial charge on any atom is 0.401 e. The molecule has 0 unspecified atom stereocenters. The van der Waals surface area contributed by atoms with Crippen LogP contribution in [0.3, 0.4) is 0 Å². The molecule has 0 saturated carbocycles. The minimum atomic E-state index is -4.30. The van der Waals surface area contributed by atoms with Gasteiger partial charge in [0.15, 0.2) is 0 Å². The van der Waals surface area contributed by atoms with E-state index in [-0.39, 0.29) is 13.1 Å². The van der Waals surface area contributed by atoms with Gasteiger partial charge in [0.1, 0.15) is 0 Å². The van der Waals surface area contributed by atoms with Gasteiger partial charge in [-0.05, 0) is 0 Å². The summed E-state index contributed by atoms with van der Waals surface area (Å²) in [4.78, 5) is 11.0. The molecule has 0 aliphatic carbocycles. The number of rotatable bonds is 9. The number of alkyl halides is 3. The smallest absolute Gasteiger partial charge is 0.382 e. The van der Waals surface area contributed by atoms with E-state index >= 15 is 0 Å². The molecular weight excluding hydrogens is 241 g/mol. The van der Waals surface area contributed by atoms with Crippen LogP contribution in [0, 0.1) is 0 Å². The van der Waals surface area contributed by atoms with Crippen LogP contribution in [-0.2, 0) is 14.3 Å². The third kappa shape index (κ3) is 13.1. The van der Waals surface area contributed by atoms with Crippen LogP contribution < -0.4 is 10.6 Å². The van der Waals surface area contributed by atoms with Crippen LogP contribution in [0.2, 0.25) is 0 Å². The second-order valence-electron chi connectivity index (χ2n) is 3.17. The van der Waals surface area contributed by atoms with Gasteiger partial charge in [0.25, 0.3) is 0 Å². The number of nitrogens with one attached hydrogen (secondary N) is 2. The molecule has 17 heavy (non-hydrogen) atoms. The molecule has 1 amide bonds. The predicted octanol–water partition coefficient (Wildman–Crippen LogP) is -0.0825. The van der Waals surface area contributed by atoms with E-state index in [0.29, 0.717) is 19.8 Å². The Kier molecular flexibility index (Phi) is 8.73. The second kappa shape index (κ2) is 9.20. The molecule has 0 atom stereocenters. The van der Waals surface area contributed by atoms with Crippen LogP contribution in [0.15, 0.2) is 0 Å². The van der Waals surface area contributed by atoms with Crippen molar-refractivity contribution in [3.05, 3.63) is 0 Å². The van der Waals surface area contributed by atoms with Crippen LogP contribution in [-0.4, -0.2) is 58.6 Å². The molecule has 0 aromatic rings. The number of halogens is 3. The Morgan fingerprint density at radius 3 is 2.53 bits per heavy atom. The SMILES string of the molecule is COCCOCCNC(=O)CNCC(F)(F)F. The third-order valence-corrected chi connectivity index (χ3v) is 1.61. The highest BCUT2D eigenvalue weighted by Gasteiger charge is 2.26. The zero-order valence-electron chi connectivity index (χ0n) is 9.60. The lowest BCUT2D eigenvalue weighted by Gasteiger charge is -2.09. The van der Waals surface area contributed by atoms with Crippen LogP contribution in [0.25, 0.3) is 0 Å². The average molecular weight is 258 g/mol. The van der Waals surface area contributed by atoms with Crippen LogP contribution in [0.1, 0.15) is 0 Å². The molecule has 0 fully saturated rings. The van der Waals surface area contributed by atoms with Crippen molar-refractivity contribution in [2.24, 2.45) is 0 Å². The van der Waals surface area contributed by atoms with E-state index in [9.17, 15) is 18.0 Å². The van der Waals surface area contributed by atoms with E-state index < -0.39 is 18.6 Å². The summed E-state index contributed by atoms with van der Waals surface area (Å²) in [6.07, 6.45) is -4.30. The Morgan fingerprint density at radius 2 is 1.94 bits per heavy atom. The quantitative estimate of drug-likeness (QED) is 0.568. The number of carbonyl (C=O) groups excluding carboxylic acids is 1. The lowest BCUT2D eigenvalue weighted by molar-refractivity contribution is -0.128. The van der Waals surface area contributed by atoms with Gasteiger partial charge in [-0.1, -0.05) is 0 Å². The molecule has 0 saturated heterocycles. The van der Waals surface area contributed by atoms with Crippen molar-refractivity contribution in [2.75, 3.05) is 46.6 Å². The molecule has 2 N–H and O–H groups in total. The standard InChI is InChI=1S/C9H17F3N2O3/c1-16-4-5-17-3-2-14-8(15)6-13-7-9(10,11)12/h13H,2-7H2,1H3,(H,14,15). The number of carbonyl (C=O) groups is 1. The summed E-state index contributed by atoms with van der Waals surface area (Å²) in [7, 11) is 1.54. The van der Waals surface area contributed by atoms with Gasteiger partial charge in [0.05, 0.1) is 32.9 Å². The van der Waals surface area contributed by atoms with Crippen LogP contribution >= 0.6 is 0 Å². The van der Waals surface area contributed by atoms with Gasteiger partial charge in [0.2, 0.25) is 5.91 Å². The van der Waals surface area contributed by atoms with Gasteiger partial charge in [-0.15, -0.1) is 0 Å². The summed E-state index contributed by atoms with van der Waals surface area (Å²) in [5.41, 5.74) is 0. The van der Waals surface area contributed by atoms with Crippen molar-refractivity contribution >= 4 is 5.91 Å². The summed E-state index contributed by atoms with van der Waals surface area (Å²) in [5.74, 6) is -0.496. The average Bonchev–Trinajstić information content (AvgIpc) is 2.21. The van der Waals surface area contributed by atoms with Crippen molar-refractivity contribution in [3.63, 3.8) is 0 Å². The Hall–Kier alpha value is -0.860. The summed E-state index contributed by atoms with van der Waals surface area (Å²) in [5, 5.41) is 4.40. The fourth-order valence-electron chi connectivity index (χ4n) is 0.887. The lowest BCUT2D eigenvalue weighted by atomic mass is 10.5. The van der Waals surface area contributed by atoms with Gasteiger partial charge in [-0.3, -0.25) is 4.79 Å². The number of hydrogen-bond acceptors (Lipinski definition) is 4. The maximum absolute atomic E-state index is 11.7. The zero-order chi connectivity index (χ0) is 13.1. The summed E-state index contributed by atoms with van der Waals surface area (Å²) in [6.45, 7) is -0.104. The summed E-state index contributed by atoms with van der Waals surface area (Å²) in [6, 6.07) is 0. The van der Waals surface area contributed by atoms with Gasteiger partial charge in [-0.25, -0.2) is 0 Å². The molecule has 0 rings (SSSR count). The predicted molar refractivity (Wildman–Crippen MR) is 54.6 cm³/mol. The Bertz CT molecular complexity index is 212. The Balaban J connectivity index is 3.29. The van der Waals surface area contributed by atoms with E-state index in [4.69, 9.17) is 9.47 Å². The minimum Gasteiger partial charge on any atom is -0.382 e. The molecule has 0 spiro atoms. The molecule has 8 heteroatoms. The Labute approximate surface area is 97.6 Å². The van der Waals surface area contributed by atoms with Crippen molar-refractivity contribution in [1.29, 1.82) is 0 Å². The van der Waals surface area contributed by atoms with Crippen molar-refractivity contribution in [2.45, 2.75) is 6.18 Å². The molecule has 0 aliphatic rings. The van der Waals surface area contributed by atoms with E-state index in [1.807, 2.05) is 5.32 Å². The number of hydrogen-bond donors (Lipinski definition) is 2. The molecule has 0 aromatic heterocycles. The first-order chi connectivity index (χ1) is 7.95. The van der Waals surface area contributed by atoms with E-state index in [1.54, 1.807) is 0 Å². The summed E-state index contributed by atoms with van der Waals surface area (Å²) >= 11 is 0. The minimum absolute atomic E-state index is 0.260. The first-order valence-electron chi connectivity index (χ1n) is 5.06.